The molecule has 0 amide bonds. The highest BCUT2D eigenvalue weighted by molar-refractivity contribution is 6.30. The molecule has 2 rings (SSSR count). The van der Waals surface area contributed by atoms with Crippen molar-refractivity contribution < 1.29 is 4.39 Å². The fourth-order valence-electron chi connectivity index (χ4n) is 1.65. The van der Waals surface area contributed by atoms with Gasteiger partial charge >= 0.3 is 0 Å². The maximum atomic E-state index is 13.7. The van der Waals surface area contributed by atoms with Gasteiger partial charge in [0.2, 0.25) is 0 Å². The SMILES string of the molecule is NC(Cc1cccc(Cl)c1F)c1ccc(Cl)cn1. The molecule has 0 radical (unpaired) electrons. The predicted octanol–water partition coefficient (Wildman–Crippen LogP) is 3.77. The topological polar surface area (TPSA) is 38.9 Å². The first-order valence-corrected chi connectivity index (χ1v) is 6.13. The molecule has 1 unspecified atom stereocenters. The first-order valence-electron chi connectivity index (χ1n) is 5.38. The van der Waals surface area contributed by atoms with Gasteiger partial charge in [-0.25, -0.2) is 4.39 Å². The third-order valence-corrected chi connectivity index (χ3v) is 3.12. The van der Waals surface area contributed by atoms with Gasteiger partial charge in [-0.15, -0.1) is 0 Å². The number of aromatic nitrogens is 1. The molecule has 5 heteroatoms. The van der Waals surface area contributed by atoms with Crippen molar-refractivity contribution in [1.82, 2.24) is 4.98 Å². The number of nitrogens with zero attached hydrogens (tertiary/aromatic N) is 1. The minimum absolute atomic E-state index is 0.101. The summed E-state index contributed by atoms with van der Waals surface area (Å²) in [4.78, 5) is 4.11. The molecule has 0 bridgehead atoms. The van der Waals surface area contributed by atoms with Gasteiger partial charge in [-0.2, -0.15) is 0 Å². The van der Waals surface area contributed by atoms with E-state index in [0.717, 1.165) is 0 Å². The highest BCUT2D eigenvalue weighted by atomic mass is 35.5. The zero-order valence-corrected chi connectivity index (χ0v) is 10.9. The monoisotopic (exact) mass is 284 g/mol. The molecule has 1 aromatic heterocycles. The van der Waals surface area contributed by atoms with E-state index in [1.54, 1.807) is 24.3 Å². The number of rotatable bonds is 3. The summed E-state index contributed by atoms with van der Waals surface area (Å²) >= 11 is 11.5. The molecule has 0 spiro atoms. The van der Waals surface area contributed by atoms with Crippen molar-refractivity contribution in [3.05, 3.63) is 63.6 Å². The Balaban J connectivity index is 2.18. The van der Waals surface area contributed by atoms with Crippen molar-refractivity contribution in [1.29, 1.82) is 0 Å². The molecule has 0 aliphatic carbocycles. The van der Waals surface area contributed by atoms with Gasteiger partial charge < -0.3 is 5.73 Å². The standard InChI is InChI=1S/C13H11Cl2FN2/c14-9-4-5-12(18-7-9)11(17)6-8-2-1-3-10(15)13(8)16/h1-5,7,11H,6,17H2. The highest BCUT2D eigenvalue weighted by Crippen LogP contribution is 2.22. The third-order valence-electron chi connectivity index (χ3n) is 2.60. The van der Waals surface area contributed by atoms with Crippen LogP contribution in [0.25, 0.3) is 0 Å². The summed E-state index contributed by atoms with van der Waals surface area (Å²) in [5, 5.41) is 0.642. The van der Waals surface area contributed by atoms with E-state index in [4.69, 9.17) is 28.9 Å². The van der Waals surface area contributed by atoms with Crippen LogP contribution in [0.2, 0.25) is 10.0 Å². The molecule has 0 saturated heterocycles. The quantitative estimate of drug-likeness (QED) is 0.932. The smallest absolute Gasteiger partial charge is 0.145 e. The van der Waals surface area contributed by atoms with E-state index in [-0.39, 0.29) is 5.02 Å². The Morgan fingerprint density at radius 3 is 2.67 bits per heavy atom. The van der Waals surface area contributed by atoms with E-state index in [1.165, 1.54) is 12.3 Å². The second-order valence-corrected chi connectivity index (χ2v) is 4.77. The molecular formula is C13H11Cl2FN2. The maximum absolute atomic E-state index is 13.7. The third kappa shape index (κ3) is 2.99. The lowest BCUT2D eigenvalue weighted by Gasteiger charge is -2.12. The predicted molar refractivity (Wildman–Crippen MR) is 71.3 cm³/mol. The summed E-state index contributed by atoms with van der Waals surface area (Å²) in [6.45, 7) is 0. The van der Waals surface area contributed by atoms with Gasteiger partial charge in [-0.3, -0.25) is 4.98 Å². The van der Waals surface area contributed by atoms with Gasteiger partial charge in [0.1, 0.15) is 5.82 Å². The van der Waals surface area contributed by atoms with Gasteiger partial charge in [0.15, 0.2) is 0 Å². The first-order chi connectivity index (χ1) is 8.58. The second kappa shape index (κ2) is 5.65. The zero-order valence-electron chi connectivity index (χ0n) is 9.41. The van der Waals surface area contributed by atoms with E-state index in [9.17, 15) is 4.39 Å². The van der Waals surface area contributed by atoms with Gasteiger partial charge in [0, 0.05) is 6.20 Å². The summed E-state index contributed by atoms with van der Waals surface area (Å²) in [5.74, 6) is -0.427. The minimum Gasteiger partial charge on any atom is -0.322 e. The van der Waals surface area contributed by atoms with E-state index in [2.05, 4.69) is 4.98 Å². The molecule has 2 N–H and O–H groups in total. The molecule has 0 aliphatic rings. The summed E-state index contributed by atoms with van der Waals surface area (Å²) in [6.07, 6.45) is 1.85. The number of nitrogens with two attached hydrogens (primary N) is 1. The molecule has 0 fully saturated rings. The zero-order chi connectivity index (χ0) is 13.1. The van der Waals surface area contributed by atoms with Crippen LogP contribution in [-0.4, -0.2) is 4.98 Å². The Hall–Kier alpha value is -1.16. The number of hydrogen-bond donors (Lipinski definition) is 1. The maximum Gasteiger partial charge on any atom is 0.145 e. The Morgan fingerprint density at radius 2 is 2.00 bits per heavy atom. The van der Waals surface area contributed by atoms with E-state index in [1.807, 2.05) is 0 Å². The fourth-order valence-corrected chi connectivity index (χ4v) is 1.96. The summed E-state index contributed by atoms with van der Waals surface area (Å²) in [7, 11) is 0. The summed E-state index contributed by atoms with van der Waals surface area (Å²) in [5.41, 5.74) is 7.12. The van der Waals surface area contributed by atoms with Crippen molar-refractivity contribution in [2.45, 2.75) is 12.5 Å². The molecule has 1 heterocycles. The summed E-state index contributed by atoms with van der Waals surface area (Å²) in [6, 6.07) is 7.91. The number of halogens is 3. The van der Waals surface area contributed by atoms with Crippen molar-refractivity contribution in [3.8, 4) is 0 Å². The van der Waals surface area contributed by atoms with E-state index < -0.39 is 11.9 Å². The van der Waals surface area contributed by atoms with Crippen LogP contribution in [0, 0.1) is 5.82 Å². The molecule has 0 saturated carbocycles. The lowest BCUT2D eigenvalue weighted by atomic mass is 10.0. The van der Waals surface area contributed by atoms with Crippen LogP contribution in [0.5, 0.6) is 0 Å². The van der Waals surface area contributed by atoms with Gasteiger partial charge in [0.25, 0.3) is 0 Å². The molecular weight excluding hydrogens is 274 g/mol. The van der Waals surface area contributed by atoms with Crippen LogP contribution in [0.1, 0.15) is 17.3 Å². The van der Waals surface area contributed by atoms with Crippen molar-refractivity contribution in [2.75, 3.05) is 0 Å². The normalized spacial score (nSPS) is 12.4. The van der Waals surface area contributed by atoms with Crippen molar-refractivity contribution >= 4 is 23.2 Å². The van der Waals surface area contributed by atoms with Gasteiger partial charge in [-0.1, -0.05) is 35.3 Å². The lowest BCUT2D eigenvalue weighted by Crippen LogP contribution is -2.15. The van der Waals surface area contributed by atoms with Crippen molar-refractivity contribution in [2.24, 2.45) is 5.73 Å². The largest absolute Gasteiger partial charge is 0.322 e. The molecule has 0 aliphatic heterocycles. The number of benzene rings is 1. The Labute approximate surface area is 115 Å². The van der Waals surface area contributed by atoms with Crippen LogP contribution in [-0.2, 0) is 6.42 Å². The first kappa shape index (κ1) is 13.3. The van der Waals surface area contributed by atoms with E-state index in [0.29, 0.717) is 22.7 Å². The van der Waals surface area contributed by atoms with Crippen LogP contribution < -0.4 is 5.73 Å². The Kier molecular flexibility index (Phi) is 4.17. The number of hydrogen-bond acceptors (Lipinski definition) is 2. The average molecular weight is 285 g/mol. The average Bonchev–Trinajstić information content (AvgIpc) is 2.36. The number of pyridine rings is 1. The molecule has 2 aromatic rings. The second-order valence-electron chi connectivity index (χ2n) is 3.92. The highest BCUT2D eigenvalue weighted by Gasteiger charge is 2.13. The molecule has 18 heavy (non-hydrogen) atoms. The minimum atomic E-state index is -0.427. The molecule has 1 atom stereocenters. The Morgan fingerprint density at radius 1 is 1.22 bits per heavy atom. The van der Waals surface area contributed by atoms with Gasteiger partial charge in [-0.05, 0) is 30.2 Å². The van der Waals surface area contributed by atoms with Crippen molar-refractivity contribution in [3.63, 3.8) is 0 Å². The van der Waals surface area contributed by atoms with Crippen LogP contribution >= 0.6 is 23.2 Å². The molecule has 1 aromatic carbocycles. The Bertz CT molecular complexity index is 543. The fraction of sp³-hybridized carbons (Fsp3) is 0.154. The molecule has 94 valence electrons. The summed E-state index contributed by atoms with van der Waals surface area (Å²) < 4.78 is 13.7. The van der Waals surface area contributed by atoms with Crippen LogP contribution in [0.3, 0.4) is 0 Å². The van der Waals surface area contributed by atoms with E-state index >= 15 is 0 Å². The van der Waals surface area contributed by atoms with Crippen LogP contribution in [0.4, 0.5) is 4.39 Å². The van der Waals surface area contributed by atoms with Gasteiger partial charge in [0.05, 0.1) is 21.8 Å². The van der Waals surface area contributed by atoms with Crippen LogP contribution in [0.15, 0.2) is 36.5 Å². The lowest BCUT2D eigenvalue weighted by molar-refractivity contribution is 0.590. The molecule has 2 nitrogen and oxygen atoms in total.